The third-order valence-corrected chi connectivity index (χ3v) is 4.77. The van der Waals surface area contributed by atoms with E-state index in [1.54, 1.807) is 0 Å². The van der Waals surface area contributed by atoms with Crippen molar-refractivity contribution >= 4 is 0 Å². The van der Waals surface area contributed by atoms with Gasteiger partial charge in [-0.05, 0) is 44.1 Å². The van der Waals surface area contributed by atoms with E-state index >= 15 is 0 Å². The van der Waals surface area contributed by atoms with Crippen molar-refractivity contribution in [3.05, 3.63) is 0 Å². The molecule has 2 saturated carbocycles. The monoisotopic (exact) mass is 237 g/mol. The van der Waals surface area contributed by atoms with Gasteiger partial charge in [-0.25, -0.2) is 0 Å². The van der Waals surface area contributed by atoms with E-state index in [-0.39, 0.29) is 0 Å². The molecule has 0 radical (unpaired) electrons. The molecule has 0 spiro atoms. The van der Waals surface area contributed by atoms with Crippen LogP contribution in [0.15, 0.2) is 0 Å². The highest BCUT2D eigenvalue weighted by Crippen LogP contribution is 2.35. The quantitative estimate of drug-likeness (QED) is 0.716. The van der Waals surface area contributed by atoms with Gasteiger partial charge in [0.2, 0.25) is 0 Å². The maximum absolute atomic E-state index is 3.78. The van der Waals surface area contributed by atoms with E-state index < -0.39 is 0 Å². The predicted octanol–water partition coefficient (Wildman–Crippen LogP) is 4.52. The standard InChI is InChI=1S/C16H31N/c1-2-17-16(13-12-14-10-11-14)15-8-6-4-3-5-7-9-15/h14-17H,2-13H2,1H3. The average Bonchev–Trinajstić information content (AvgIpc) is 3.08. The Morgan fingerprint density at radius 1 is 0.941 bits per heavy atom. The molecule has 2 rings (SSSR count). The van der Waals surface area contributed by atoms with Crippen LogP contribution in [0.2, 0.25) is 0 Å². The molecule has 1 nitrogen and oxygen atoms in total. The molecular formula is C16H31N. The number of hydrogen-bond donors (Lipinski definition) is 1. The zero-order valence-corrected chi connectivity index (χ0v) is 11.7. The first-order chi connectivity index (χ1) is 8.40. The molecule has 1 atom stereocenters. The normalized spacial score (nSPS) is 25.2. The van der Waals surface area contributed by atoms with Crippen LogP contribution in [0.1, 0.15) is 77.6 Å². The lowest BCUT2D eigenvalue weighted by Gasteiger charge is -2.29. The van der Waals surface area contributed by atoms with Gasteiger partial charge in [0.25, 0.3) is 0 Å². The summed E-state index contributed by atoms with van der Waals surface area (Å²) in [5.41, 5.74) is 0. The van der Waals surface area contributed by atoms with E-state index in [9.17, 15) is 0 Å². The molecule has 0 bridgehead atoms. The smallest absolute Gasteiger partial charge is 0.00953 e. The highest BCUT2D eigenvalue weighted by atomic mass is 14.9. The van der Waals surface area contributed by atoms with Crippen LogP contribution in [0.5, 0.6) is 0 Å². The molecule has 1 unspecified atom stereocenters. The average molecular weight is 237 g/mol. The lowest BCUT2D eigenvalue weighted by molar-refractivity contribution is 0.270. The molecule has 2 aliphatic carbocycles. The Hall–Kier alpha value is -0.0400. The van der Waals surface area contributed by atoms with Crippen LogP contribution < -0.4 is 5.32 Å². The van der Waals surface area contributed by atoms with Crippen molar-refractivity contribution in [2.75, 3.05) is 6.54 Å². The summed E-state index contributed by atoms with van der Waals surface area (Å²) in [4.78, 5) is 0. The van der Waals surface area contributed by atoms with Gasteiger partial charge >= 0.3 is 0 Å². The summed E-state index contributed by atoms with van der Waals surface area (Å²) < 4.78 is 0. The van der Waals surface area contributed by atoms with E-state index in [2.05, 4.69) is 12.2 Å². The van der Waals surface area contributed by atoms with Crippen LogP contribution in [0.4, 0.5) is 0 Å². The zero-order valence-electron chi connectivity index (χ0n) is 11.7. The minimum Gasteiger partial charge on any atom is -0.314 e. The van der Waals surface area contributed by atoms with E-state index in [4.69, 9.17) is 0 Å². The highest BCUT2D eigenvalue weighted by molar-refractivity contribution is 4.81. The maximum Gasteiger partial charge on any atom is 0.00953 e. The first-order valence-electron chi connectivity index (χ1n) is 8.13. The van der Waals surface area contributed by atoms with Crippen LogP contribution in [-0.4, -0.2) is 12.6 Å². The van der Waals surface area contributed by atoms with Gasteiger partial charge in [-0.15, -0.1) is 0 Å². The number of nitrogens with one attached hydrogen (secondary N) is 1. The van der Waals surface area contributed by atoms with Crippen LogP contribution in [0.25, 0.3) is 0 Å². The minimum absolute atomic E-state index is 0.832. The molecule has 2 aliphatic rings. The molecule has 0 aromatic heterocycles. The van der Waals surface area contributed by atoms with Gasteiger partial charge in [-0.1, -0.05) is 51.9 Å². The Balaban J connectivity index is 1.77. The van der Waals surface area contributed by atoms with Crippen molar-refractivity contribution in [3.63, 3.8) is 0 Å². The molecule has 0 aromatic carbocycles. The first-order valence-corrected chi connectivity index (χ1v) is 8.13. The van der Waals surface area contributed by atoms with E-state index in [1.165, 1.54) is 70.6 Å². The molecule has 2 fully saturated rings. The molecular weight excluding hydrogens is 206 g/mol. The summed E-state index contributed by atoms with van der Waals surface area (Å²) in [6.07, 6.45) is 16.4. The summed E-state index contributed by atoms with van der Waals surface area (Å²) in [6.45, 7) is 3.43. The van der Waals surface area contributed by atoms with Gasteiger partial charge in [-0.3, -0.25) is 0 Å². The summed E-state index contributed by atoms with van der Waals surface area (Å²) >= 11 is 0. The topological polar surface area (TPSA) is 12.0 Å². The van der Waals surface area contributed by atoms with E-state index in [0.29, 0.717) is 0 Å². The highest BCUT2D eigenvalue weighted by Gasteiger charge is 2.26. The minimum atomic E-state index is 0.832. The molecule has 0 aliphatic heterocycles. The molecule has 1 N–H and O–H groups in total. The summed E-state index contributed by atoms with van der Waals surface area (Å²) in [6, 6.07) is 0.832. The van der Waals surface area contributed by atoms with Crippen molar-refractivity contribution in [1.82, 2.24) is 5.32 Å². The Kier molecular flexibility index (Phi) is 5.84. The summed E-state index contributed by atoms with van der Waals surface area (Å²) in [5.74, 6) is 2.08. The zero-order chi connectivity index (χ0) is 11.9. The van der Waals surface area contributed by atoms with Crippen LogP contribution in [0, 0.1) is 11.8 Å². The lowest BCUT2D eigenvalue weighted by Crippen LogP contribution is -2.36. The van der Waals surface area contributed by atoms with Gasteiger partial charge in [0, 0.05) is 6.04 Å². The van der Waals surface area contributed by atoms with Crippen LogP contribution in [-0.2, 0) is 0 Å². The van der Waals surface area contributed by atoms with Crippen molar-refractivity contribution in [1.29, 1.82) is 0 Å². The van der Waals surface area contributed by atoms with Crippen molar-refractivity contribution in [2.45, 2.75) is 83.6 Å². The molecule has 100 valence electrons. The van der Waals surface area contributed by atoms with Crippen molar-refractivity contribution < 1.29 is 0 Å². The van der Waals surface area contributed by atoms with Gasteiger partial charge in [0.1, 0.15) is 0 Å². The van der Waals surface area contributed by atoms with Gasteiger partial charge in [0.15, 0.2) is 0 Å². The Bertz CT molecular complexity index is 190. The fourth-order valence-electron chi connectivity index (χ4n) is 3.48. The van der Waals surface area contributed by atoms with Crippen molar-refractivity contribution in [2.24, 2.45) is 11.8 Å². The van der Waals surface area contributed by atoms with Crippen molar-refractivity contribution in [3.8, 4) is 0 Å². The maximum atomic E-state index is 3.78. The number of hydrogen-bond acceptors (Lipinski definition) is 1. The van der Waals surface area contributed by atoms with Crippen LogP contribution >= 0.6 is 0 Å². The predicted molar refractivity (Wildman–Crippen MR) is 75.2 cm³/mol. The second-order valence-corrected chi connectivity index (χ2v) is 6.29. The van der Waals surface area contributed by atoms with Gasteiger partial charge in [0.05, 0.1) is 0 Å². The second kappa shape index (κ2) is 7.41. The Morgan fingerprint density at radius 3 is 2.18 bits per heavy atom. The molecule has 0 saturated heterocycles. The Morgan fingerprint density at radius 2 is 1.59 bits per heavy atom. The summed E-state index contributed by atoms with van der Waals surface area (Å²) in [5, 5.41) is 3.78. The molecule has 0 aromatic rings. The summed E-state index contributed by atoms with van der Waals surface area (Å²) in [7, 11) is 0. The second-order valence-electron chi connectivity index (χ2n) is 6.29. The fourth-order valence-corrected chi connectivity index (χ4v) is 3.48. The van der Waals surface area contributed by atoms with Crippen LogP contribution in [0.3, 0.4) is 0 Å². The lowest BCUT2D eigenvalue weighted by atomic mass is 9.83. The Labute approximate surface area is 108 Å². The largest absolute Gasteiger partial charge is 0.314 e. The molecule has 0 amide bonds. The third-order valence-electron chi connectivity index (χ3n) is 4.77. The van der Waals surface area contributed by atoms with E-state index in [1.807, 2.05) is 0 Å². The van der Waals surface area contributed by atoms with Gasteiger partial charge < -0.3 is 5.32 Å². The molecule has 1 heteroatoms. The van der Waals surface area contributed by atoms with E-state index in [0.717, 1.165) is 24.4 Å². The third kappa shape index (κ3) is 4.99. The fraction of sp³-hybridized carbons (Fsp3) is 1.00. The SMILES string of the molecule is CCNC(CCC1CC1)C1CCCCCCC1. The number of rotatable bonds is 6. The molecule has 0 heterocycles. The molecule has 17 heavy (non-hydrogen) atoms. The first kappa shape index (κ1) is 13.4. The van der Waals surface area contributed by atoms with Gasteiger partial charge in [-0.2, -0.15) is 0 Å².